The van der Waals surface area contributed by atoms with E-state index in [1.54, 1.807) is 12.1 Å². The largest absolute Gasteiger partial charge is 0.345 e. The van der Waals surface area contributed by atoms with Crippen LogP contribution >= 0.6 is 15.9 Å². The van der Waals surface area contributed by atoms with E-state index in [-0.39, 0.29) is 4.90 Å². The van der Waals surface area contributed by atoms with Crippen LogP contribution in [0.2, 0.25) is 0 Å². The summed E-state index contributed by atoms with van der Waals surface area (Å²) in [6.07, 6.45) is 1.17. The maximum Gasteiger partial charge on any atom is 0.285 e. The van der Waals surface area contributed by atoms with Gasteiger partial charge < -0.3 is 5.32 Å². The van der Waals surface area contributed by atoms with Gasteiger partial charge in [-0.3, -0.25) is 0 Å². The van der Waals surface area contributed by atoms with Crippen LogP contribution in [0.5, 0.6) is 0 Å². The number of rotatable bonds is 0. The normalized spacial score (nSPS) is 17.6. The van der Waals surface area contributed by atoms with Crippen LogP contribution in [0.4, 0.5) is 5.69 Å². The number of nitrogens with one attached hydrogen (secondary N) is 1. The van der Waals surface area contributed by atoms with E-state index in [9.17, 15) is 8.42 Å². The van der Waals surface area contributed by atoms with Crippen LogP contribution in [0, 0.1) is 0 Å². The van der Waals surface area contributed by atoms with Gasteiger partial charge in [-0.1, -0.05) is 15.9 Å². The molecule has 1 heterocycles. The number of halogens is 1. The molecule has 0 amide bonds. The van der Waals surface area contributed by atoms with Crippen molar-refractivity contribution in [3.8, 4) is 0 Å². The summed E-state index contributed by atoms with van der Waals surface area (Å²) in [5.41, 5.74) is 0.546. The van der Waals surface area contributed by atoms with Crippen LogP contribution in [0.1, 0.15) is 0 Å². The van der Waals surface area contributed by atoms with E-state index >= 15 is 0 Å². The van der Waals surface area contributed by atoms with Crippen molar-refractivity contribution in [2.45, 2.75) is 4.90 Å². The molecule has 0 fully saturated rings. The van der Waals surface area contributed by atoms with Crippen molar-refractivity contribution in [2.24, 2.45) is 4.40 Å². The second kappa shape index (κ2) is 2.81. The number of hydrogen-bond acceptors (Lipinski definition) is 3. The molecule has 13 heavy (non-hydrogen) atoms. The van der Waals surface area contributed by atoms with Gasteiger partial charge in [-0.15, -0.1) is 4.40 Å². The summed E-state index contributed by atoms with van der Waals surface area (Å²) in [5, 5.41) is 2.76. The highest BCUT2D eigenvalue weighted by Gasteiger charge is 2.19. The Hall–Kier alpha value is -0.880. The summed E-state index contributed by atoms with van der Waals surface area (Å²) >= 11 is 3.25. The Kier molecular flexibility index (Phi) is 1.88. The van der Waals surface area contributed by atoms with Crippen molar-refractivity contribution in [2.75, 3.05) is 5.32 Å². The lowest BCUT2D eigenvalue weighted by molar-refractivity contribution is 0.598. The molecular weight excluding hydrogens is 256 g/mol. The Morgan fingerprint density at radius 3 is 2.92 bits per heavy atom. The molecule has 0 aromatic heterocycles. The number of anilines is 1. The van der Waals surface area contributed by atoms with Crippen LogP contribution in [0.3, 0.4) is 0 Å². The molecule has 6 heteroatoms. The van der Waals surface area contributed by atoms with Gasteiger partial charge in [0.1, 0.15) is 11.2 Å². The number of sulfonamides is 1. The van der Waals surface area contributed by atoms with Gasteiger partial charge >= 0.3 is 0 Å². The van der Waals surface area contributed by atoms with E-state index in [1.807, 2.05) is 0 Å². The summed E-state index contributed by atoms with van der Waals surface area (Å²) in [6, 6.07) is 4.87. The topological polar surface area (TPSA) is 58.5 Å². The fraction of sp³-hybridized carbons (Fsp3) is 0. The Labute approximate surface area is 83.9 Å². The van der Waals surface area contributed by atoms with Crippen LogP contribution in [0.25, 0.3) is 0 Å². The van der Waals surface area contributed by atoms with Crippen LogP contribution in [0.15, 0.2) is 32.0 Å². The predicted molar refractivity (Wildman–Crippen MR) is 53.4 cm³/mol. The average Bonchev–Trinajstić information content (AvgIpc) is 2.02. The summed E-state index contributed by atoms with van der Waals surface area (Å²) in [4.78, 5) is 0.207. The first-order chi connectivity index (χ1) is 6.09. The van der Waals surface area contributed by atoms with Crippen molar-refractivity contribution in [1.29, 1.82) is 0 Å². The van der Waals surface area contributed by atoms with E-state index in [0.29, 0.717) is 5.69 Å². The van der Waals surface area contributed by atoms with Gasteiger partial charge in [-0.05, 0) is 18.2 Å². The molecule has 0 atom stereocenters. The lowest BCUT2D eigenvalue weighted by atomic mass is 10.3. The van der Waals surface area contributed by atoms with Gasteiger partial charge in [0, 0.05) is 4.47 Å². The minimum absolute atomic E-state index is 0.207. The number of hydrogen-bond donors (Lipinski definition) is 1. The molecular formula is C7H5BrN2O2S. The third-order valence-corrected chi connectivity index (χ3v) is 3.42. The Morgan fingerprint density at radius 1 is 1.38 bits per heavy atom. The highest BCUT2D eigenvalue weighted by Crippen LogP contribution is 2.28. The summed E-state index contributed by atoms with van der Waals surface area (Å²) < 4.78 is 26.8. The van der Waals surface area contributed by atoms with Crippen molar-refractivity contribution >= 4 is 38.0 Å². The monoisotopic (exact) mass is 260 g/mol. The van der Waals surface area contributed by atoms with Crippen molar-refractivity contribution in [3.63, 3.8) is 0 Å². The van der Waals surface area contributed by atoms with Gasteiger partial charge in [-0.2, -0.15) is 8.42 Å². The SMILES string of the molecule is O=S1(=O)N=CNc2cc(Br)ccc21. The van der Waals surface area contributed by atoms with Crippen molar-refractivity contribution in [1.82, 2.24) is 0 Å². The van der Waals surface area contributed by atoms with Gasteiger partial charge in [0.2, 0.25) is 0 Å². The van der Waals surface area contributed by atoms with E-state index < -0.39 is 10.0 Å². The Balaban J connectivity index is 2.72. The van der Waals surface area contributed by atoms with Gasteiger partial charge in [-0.25, -0.2) is 0 Å². The third kappa shape index (κ3) is 1.47. The maximum absolute atomic E-state index is 11.3. The lowest BCUT2D eigenvalue weighted by Crippen LogP contribution is -2.11. The van der Waals surface area contributed by atoms with Crippen LogP contribution in [-0.2, 0) is 10.0 Å². The van der Waals surface area contributed by atoms with E-state index in [0.717, 1.165) is 4.47 Å². The lowest BCUT2D eigenvalue weighted by Gasteiger charge is -2.11. The minimum atomic E-state index is -3.47. The van der Waals surface area contributed by atoms with Crippen LogP contribution < -0.4 is 5.32 Å². The summed E-state index contributed by atoms with van der Waals surface area (Å²) in [7, 11) is -3.47. The standard InChI is InChI=1S/C7H5BrN2O2S/c8-5-1-2-7-6(3-5)9-4-10-13(7,11)12/h1-4H,(H,9,10). The Morgan fingerprint density at radius 2 is 2.15 bits per heavy atom. The smallest absolute Gasteiger partial charge is 0.285 e. The van der Waals surface area contributed by atoms with E-state index in [1.165, 1.54) is 12.4 Å². The van der Waals surface area contributed by atoms with Gasteiger partial charge in [0.15, 0.2) is 0 Å². The second-order valence-electron chi connectivity index (χ2n) is 2.49. The molecule has 0 spiro atoms. The first-order valence-electron chi connectivity index (χ1n) is 3.44. The second-order valence-corrected chi connectivity index (χ2v) is 5.01. The first-order valence-corrected chi connectivity index (χ1v) is 5.68. The highest BCUT2D eigenvalue weighted by atomic mass is 79.9. The van der Waals surface area contributed by atoms with Crippen molar-refractivity contribution < 1.29 is 8.42 Å². The number of benzene rings is 1. The third-order valence-electron chi connectivity index (χ3n) is 1.63. The molecule has 0 aliphatic carbocycles. The van der Waals surface area contributed by atoms with Gasteiger partial charge in [0.25, 0.3) is 10.0 Å². The summed E-state index contributed by atoms with van der Waals surface area (Å²) in [5.74, 6) is 0. The van der Waals surface area contributed by atoms with E-state index in [2.05, 4.69) is 25.6 Å². The molecule has 0 saturated carbocycles. The van der Waals surface area contributed by atoms with Crippen molar-refractivity contribution in [3.05, 3.63) is 22.7 Å². The molecule has 1 aromatic carbocycles. The first kappa shape index (κ1) is 8.71. The molecule has 1 aliphatic rings. The summed E-state index contributed by atoms with van der Waals surface area (Å²) in [6.45, 7) is 0. The quantitative estimate of drug-likeness (QED) is 0.771. The zero-order valence-electron chi connectivity index (χ0n) is 6.36. The zero-order chi connectivity index (χ0) is 9.47. The molecule has 2 rings (SSSR count). The molecule has 1 N–H and O–H groups in total. The molecule has 4 nitrogen and oxygen atoms in total. The van der Waals surface area contributed by atoms with E-state index in [4.69, 9.17) is 0 Å². The highest BCUT2D eigenvalue weighted by molar-refractivity contribution is 9.10. The predicted octanol–water partition coefficient (Wildman–Crippen LogP) is 1.59. The molecule has 0 saturated heterocycles. The number of nitrogens with zero attached hydrogens (tertiary/aromatic N) is 1. The van der Waals surface area contributed by atoms with Gasteiger partial charge in [0.05, 0.1) is 5.69 Å². The van der Waals surface area contributed by atoms with Crippen LogP contribution in [-0.4, -0.2) is 14.8 Å². The minimum Gasteiger partial charge on any atom is -0.345 e. The molecule has 68 valence electrons. The molecule has 0 unspecified atom stereocenters. The fourth-order valence-corrected chi connectivity index (χ4v) is 2.36. The number of fused-ring (bicyclic) bond motifs is 1. The zero-order valence-corrected chi connectivity index (χ0v) is 8.76. The Bertz CT molecular complexity index is 481. The molecule has 1 aliphatic heterocycles. The maximum atomic E-state index is 11.3. The molecule has 0 radical (unpaired) electrons. The molecule has 1 aromatic rings. The fourth-order valence-electron chi connectivity index (χ4n) is 1.06. The molecule has 0 bridgehead atoms. The average molecular weight is 261 g/mol.